The lowest BCUT2D eigenvalue weighted by Gasteiger charge is -2.50. The Hall–Kier alpha value is -2.50. The molecule has 1 aromatic rings. The number of allylic oxidation sites excluding steroid dienone is 2. The first-order valence-electron chi connectivity index (χ1n) is 13.1. The van der Waals surface area contributed by atoms with Gasteiger partial charge in [0.1, 0.15) is 5.60 Å². The molecule has 1 saturated carbocycles. The third kappa shape index (κ3) is 5.52. The molecule has 0 radical (unpaired) electrons. The molecule has 0 aromatic heterocycles. The molecule has 5 nitrogen and oxygen atoms in total. The van der Waals surface area contributed by atoms with E-state index in [1.807, 2.05) is 18.2 Å². The Balaban J connectivity index is 1.72. The number of hydrogen-bond donors (Lipinski definition) is 2. The van der Waals surface area contributed by atoms with Crippen LogP contribution in [0.25, 0.3) is 0 Å². The standard InChI is InChI=1S/C30H39NO4/c1-20-10-7-8-14-24(32)16-17-27(33)35-30-19-31-26(18-23-12-5-4-6-13-23)28(30)21(2)22(3)29(34)25(30)15-9-11-20/h4-6,9,12-13,15-17,20-21,25-26,28-29,31,34H,3,7-8,10-11,14,18-19H2,1-2H3/b15-9+,17-16+/t20-,21-,25?,26+,28+,29-,30-/m1/s1. The maximum absolute atomic E-state index is 13.1. The van der Waals surface area contributed by atoms with Gasteiger partial charge in [0.2, 0.25) is 0 Å². The number of rotatable bonds is 2. The summed E-state index contributed by atoms with van der Waals surface area (Å²) in [7, 11) is 0. The Morgan fingerprint density at radius 2 is 1.91 bits per heavy atom. The minimum absolute atomic E-state index is 0.0437. The fraction of sp³-hybridized carbons (Fsp3) is 0.533. The summed E-state index contributed by atoms with van der Waals surface area (Å²) in [5, 5.41) is 15.0. The minimum atomic E-state index is -0.927. The zero-order chi connectivity index (χ0) is 25.0. The number of ketones is 1. The number of aliphatic hydroxyl groups excluding tert-OH is 1. The van der Waals surface area contributed by atoms with Crippen LogP contribution in [0.3, 0.4) is 0 Å². The first kappa shape index (κ1) is 25.6. The van der Waals surface area contributed by atoms with Crippen LogP contribution in [0.5, 0.6) is 0 Å². The highest BCUT2D eigenvalue weighted by Gasteiger charge is 2.62. The molecule has 3 aliphatic rings. The highest BCUT2D eigenvalue weighted by Crippen LogP contribution is 2.51. The van der Waals surface area contributed by atoms with Crippen molar-refractivity contribution in [3.63, 3.8) is 0 Å². The average Bonchev–Trinajstić information content (AvgIpc) is 3.19. The molecule has 188 valence electrons. The number of esters is 1. The van der Waals surface area contributed by atoms with Crippen molar-refractivity contribution in [2.24, 2.45) is 23.7 Å². The molecule has 5 heteroatoms. The van der Waals surface area contributed by atoms with Crippen molar-refractivity contribution in [3.05, 3.63) is 72.4 Å². The average molecular weight is 478 g/mol. The molecule has 1 unspecified atom stereocenters. The van der Waals surface area contributed by atoms with Crippen molar-refractivity contribution < 1.29 is 19.4 Å². The molecular formula is C30H39NO4. The molecule has 4 rings (SSSR count). The van der Waals surface area contributed by atoms with Gasteiger partial charge in [-0.2, -0.15) is 0 Å². The fourth-order valence-corrected chi connectivity index (χ4v) is 6.33. The molecule has 1 aromatic carbocycles. The highest BCUT2D eigenvalue weighted by atomic mass is 16.6. The van der Waals surface area contributed by atoms with Gasteiger partial charge in [-0.15, -0.1) is 0 Å². The molecule has 1 saturated heterocycles. The SMILES string of the molecule is C=C1[C@@H](O)C2/C=C/C[C@H](C)CCCCC(=O)/C=C/C(=O)O[C@]23CN[C@@H](Cc2ccccc2)[C@@H]3[C@@H]1C. The van der Waals surface area contributed by atoms with E-state index in [4.69, 9.17) is 4.74 Å². The molecule has 0 amide bonds. The molecule has 2 heterocycles. The lowest BCUT2D eigenvalue weighted by atomic mass is 9.60. The smallest absolute Gasteiger partial charge is 0.331 e. The van der Waals surface area contributed by atoms with E-state index >= 15 is 0 Å². The minimum Gasteiger partial charge on any atom is -0.453 e. The molecular weight excluding hydrogens is 438 g/mol. The highest BCUT2D eigenvalue weighted by molar-refractivity contribution is 5.95. The van der Waals surface area contributed by atoms with Crippen molar-refractivity contribution in [3.8, 4) is 0 Å². The summed E-state index contributed by atoms with van der Waals surface area (Å²) in [6, 6.07) is 10.4. The molecule has 1 spiro atoms. The van der Waals surface area contributed by atoms with E-state index in [1.165, 1.54) is 17.7 Å². The van der Waals surface area contributed by atoms with E-state index in [-0.39, 0.29) is 23.7 Å². The van der Waals surface area contributed by atoms with Crippen molar-refractivity contribution in [2.75, 3.05) is 6.54 Å². The van der Waals surface area contributed by atoms with E-state index in [0.29, 0.717) is 18.9 Å². The Morgan fingerprint density at radius 3 is 2.69 bits per heavy atom. The van der Waals surface area contributed by atoms with E-state index in [2.05, 4.69) is 50.0 Å². The van der Waals surface area contributed by atoms with Crippen molar-refractivity contribution in [1.29, 1.82) is 0 Å². The van der Waals surface area contributed by atoms with Gasteiger partial charge < -0.3 is 15.2 Å². The van der Waals surface area contributed by atoms with Crippen LogP contribution in [0.15, 0.2) is 66.8 Å². The molecule has 2 fully saturated rings. The quantitative estimate of drug-likeness (QED) is 0.482. The van der Waals surface area contributed by atoms with Crippen molar-refractivity contribution >= 4 is 11.8 Å². The van der Waals surface area contributed by atoms with Crippen LogP contribution >= 0.6 is 0 Å². The van der Waals surface area contributed by atoms with Crippen LogP contribution in [-0.2, 0) is 20.7 Å². The predicted octanol–water partition coefficient (Wildman–Crippen LogP) is 4.56. The van der Waals surface area contributed by atoms with E-state index < -0.39 is 23.6 Å². The van der Waals surface area contributed by atoms with Gasteiger partial charge in [-0.1, -0.05) is 75.8 Å². The van der Waals surface area contributed by atoms with Crippen LogP contribution in [0, 0.1) is 23.7 Å². The molecule has 35 heavy (non-hydrogen) atoms. The second-order valence-corrected chi connectivity index (χ2v) is 10.7. The van der Waals surface area contributed by atoms with Crippen LogP contribution in [0.4, 0.5) is 0 Å². The summed E-state index contributed by atoms with van der Waals surface area (Å²) < 4.78 is 6.28. The third-order valence-corrected chi connectivity index (χ3v) is 8.29. The van der Waals surface area contributed by atoms with E-state index in [0.717, 1.165) is 37.7 Å². The summed E-state index contributed by atoms with van der Waals surface area (Å²) in [5.41, 5.74) is 1.07. The Kier molecular flexibility index (Phi) is 8.08. The van der Waals surface area contributed by atoms with Gasteiger partial charge in [-0.25, -0.2) is 4.79 Å². The molecule has 0 bridgehead atoms. The lowest BCUT2D eigenvalue weighted by molar-refractivity contribution is -0.173. The fourth-order valence-electron chi connectivity index (χ4n) is 6.33. The first-order valence-corrected chi connectivity index (χ1v) is 13.1. The summed E-state index contributed by atoms with van der Waals surface area (Å²) >= 11 is 0. The van der Waals surface area contributed by atoms with Crippen molar-refractivity contribution in [2.45, 2.75) is 70.1 Å². The summed E-state index contributed by atoms with van der Waals surface area (Å²) in [5.74, 6) is -0.613. The second-order valence-electron chi connectivity index (χ2n) is 10.7. The van der Waals surface area contributed by atoms with Gasteiger partial charge in [0.15, 0.2) is 5.78 Å². The molecule has 1 aliphatic carbocycles. The predicted molar refractivity (Wildman–Crippen MR) is 138 cm³/mol. The number of carbonyl (C=O) groups excluding carboxylic acids is 2. The van der Waals surface area contributed by atoms with Crippen LogP contribution in [0.1, 0.15) is 51.5 Å². The Bertz CT molecular complexity index is 983. The van der Waals surface area contributed by atoms with E-state index in [1.54, 1.807) is 0 Å². The molecule has 7 atom stereocenters. The number of ether oxygens (including phenoxy) is 1. The van der Waals surface area contributed by atoms with Crippen LogP contribution < -0.4 is 5.32 Å². The van der Waals surface area contributed by atoms with Gasteiger partial charge >= 0.3 is 5.97 Å². The van der Waals surface area contributed by atoms with Crippen molar-refractivity contribution in [1.82, 2.24) is 5.32 Å². The van der Waals surface area contributed by atoms with Gasteiger partial charge in [0, 0.05) is 36.9 Å². The normalized spacial score (nSPS) is 38.4. The number of hydrogen-bond acceptors (Lipinski definition) is 5. The monoisotopic (exact) mass is 477 g/mol. The van der Waals surface area contributed by atoms with E-state index in [9.17, 15) is 14.7 Å². The van der Waals surface area contributed by atoms with Gasteiger partial charge in [0.25, 0.3) is 0 Å². The van der Waals surface area contributed by atoms with Gasteiger partial charge in [0.05, 0.1) is 6.10 Å². The maximum Gasteiger partial charge on any atom is 0.331 e. The second kappa shape index (κ2) is 11.0. The van der Waals surface area contributed by atoms with Crippen LogP contribution in [0.2, 0.25) is 0 Å². The Labute approximate surface area is 209 Å². The number of aliphatic hydroxyl groups is 1. The molecule has 2 N–H and O–H groups in total. The zero-order valence-electron chi connectivity index (χ0n) is 21.0. The number of nitrogens with one attached hydrogen (secondary N) is 1. The number of carbonyl (C=O) groups is 2. The maximum atomic E-state index is 13.1. The van der Waals surface area contributed by atoms with Gasteiger partial charge in [-0.3, -0.25) is 4.79 Å². The summed E-state index contributed by atoms with van der Waals surface area (Å²) in [6.07, 6.45) is 11.0. The largest absolute Gasteiger partial charge is 0.453 e. The van der Waals surface area contributed by atoms with Gasteiger partial charge in [-0.05, 0) is 48.3 Å². The first-order chi connectivity index (χ1) is 16.8. The summed E-state index contributed by atoms with van der Waals surface area (Å²) in [4.78, 5) is 25.3. The zero-order valence-corrected chi connectivity index (χ0v) is 21.0. The Morgan fingerprint density at radius 1 is 1.14 bits per heavy atom. The topological polar surface area (TPSA) is 75.6 Å². The third-order valence-electron chi connectivity index (χ3n) is 8.29. The lowest BCUT2D eigenvalue weighted by Crippen LogP contribution is -2.59. The van der Waals surface area contributed by atoms with Crippen LogP contribution in [-0.4, -0.2) is 41.2 Å². The molecule has 2 aliphatic heterocycles. The number of benzene rings is 1. The summed E-state index contributed by atoms with van der Waals surface area (Å²) in [6.45, 7) is 9.01.